The zero-order chi connectivity index (χ0) is 11.8. The van der Waals surface area contributed by atoms with Gasteiger partial charge in [0, 0.05) is 6.42 Å². The molecule has 0 spiro atoms. The third-order valence-corrected chi connectivity index (χ3v) is 4.16. The van der Waals surface area contributed by atoms with Gasteiger partial charge in [-0.05, 0) is 60.6 Å². The quantitative estimate of drug-likeness (QED) is 0.847. The van der Waals surface area contributed by atoms with Crippen LogP contribution < -0.4 is 5.73 Å². The Labute approximate surface area is 102 Å². The van der Waals surface area contributed by atoms with Gasteiger partial charge in [0.2, 0.25) is 5.91 Å². The number of fused-ring (bicyclic) bond motifs is 1. The number of rotatable bonds is 4. The number of carbonyl (C=O) groups is 1. The van der Waals surface area contributed by atoms with E-state index >= 15 is 0 Å². The smallest absolute Gasteiger partial charge is 0.218 e. The van der Waals surface area contributed by atoms with E-state index in [1.807, 2.05) is 0 Å². The largest absolute Gasteiger partial charge is 0.370 e. The van der Waals surface area contributed by atoms with Crippen molar-refractivity contribution in [1.82, 2.24) is 0 Å². The molecule has 1 saturated carbocycles. The second-order valence-electron chi connectivity index (χ2n) is 5.50. The van der Waals surface area contributed by atoms with Gasteiger partial charge in [0.25, 0.3) is 0 Å². The average molecular weight is 229 g/mol. The van der Waals surface area contributed by atoms with Gasteiger partial charge in [-0.15, -0.1) is 0 Å². The van der Waals surface area contributed by atoms with Gasteiger partial charge in [-0.3, -0.25) is 4.79 Å². The minimum Gasteiger partial charge on any atom is -0.370 e. The summed E-state index contributed by atoms with van der Waals surface area (Å²) in [7, 11) is 0. The number of nitrogens with two attached hydrogens (primary N) is 1. The summed E-state index contributed by atoms with van der Waals surface area (Å²) < 4.78 is 0. The van der Waals surface area contributed by atoms with Crippen LogP contribution in [-0.4, -0.2) is 5.91 Å². The number of carbonyl (C=O) groups excluding carboxylic acids is 1. The molecule has 2 nitrogen and oxygen atoms in total. The fourth-order valence-electron chi connectivity index (χ4n) is 3.09. The Bertz CT molecular complexity index is 448. The van der Waals surface area contributed by atoms with Crippen LogP contribution in [0.25, 0.3) is 0 Å². The molecule has 1 aromatic carbocycles. The van der Waals surface area contributed by atoms with E-state index in [-0.39, 0.29) is 5.91 Å². The molecule has 2 aliphatic rings. The number of hydrogen-bond donors (Lipinski definition) is 1. The van der Waals surface area contributed by atoms with Crippen LogP contribution in [0.5, 0.6) is 0 Å². The number of aryl methyl sites for hydroxylation is 2. The van der Waals surface area contributed by atoms with Crippen LogP contribution in [0.3, 0.4) is 0 Å². The molecule has 3 rings (SSSR count). The van der Waals surface area contributed by atoms with Crippen LogP contribution in [0, 0.1) is 5.92 Å². The lowest BCUT2D eigenvalue weighted by Crippen LogP contribution is -2.16. The molecule has 0 saturated heterocycles. The molecule has 2 aliphatic carbocycles. The molecule has 0 aliphatic heterocycles. The Hall–Kier alpha value is -1.31. The van der Waals surface area contributed by atoms with Gasteiger partial charge in [0.15, 0.2) is 0 Å². The van der Waals surface area contributed by atoms with Crippen LogP contribution in [-0.2, 0) is 17.6 Å². The molecule has 17 heavy (non-hydrogen) atoms. The topological polar surface area (TPSA) is 43.1 Å². The Kier molecular flexibility index (Phi) is 2.65. The fraction of sp³-hybridized carbons (Fsp3) is 0.533. The molecular formula is C15H19NO. The fourth-order valence-corrected chi connectivity index (χ4v) is 3.09. The maximum absolute atomic E-state index is 11.2. The van der Waals surface area contributed by atoms with Crippen LogP contribution in [0.2, 0.25) is 0 Å². The zero-order valence-electron chi connectivity index (χ0n) is 10.1. The number of primary amides is 1. The second kappa shape index (κ2) is 4.17. The first-order chi connectivity index (χ1) is 8.24. The molecule has 90 valence electrons. The molecule has 0 aromatic heterocycles. The highest BCUT2D eigenvalue weighted by atomic mass is 16.1. The van der Waals surface area contributed by atoms with Crippen LogP contribution in [0.4, 0.5) is 0 Å². The summed E-state index contributed by atoms with van der Waals surface area (Å²) >= 11 is 0. The van der Waals surface area contributed by atoms with E-state index in [0.717, 1.165) is 0 Å². The van der Waals surface area contributed by atoms with E-state index < -0.39 is 0 Å². The predicted molar refractivity (Wildman–Crippen MR) is 67.7 cm³/mol. The van der Waals surface area contributed by atoms with Gasteiger partial charge in [-0.1, -0.05) is 18.2 Å². The molecule has 2 heteroatoms. The highest BCUT2D eigenvalue weighted by Gasteiger charge is 2.33. The van der Waals surface area contributed by atoms with Crippen molar-refractivity contribution in [1.29, 1.82) is 0 Å². The molecule has 1 unspecified atom stereocenters. The monoisotopic (exact) mass is 229 g/mol. The minimum atomic E-state index is -0.164. The maximum Gasteiger partial charge on any atom is 0.218 e. The molecular weight excluding hydrogens is 210 g/mol. The average Bonchev–Trinajstić information content (AvgIpc) is 3.03. The summed E-state index contributed by atoms with van der Waals surface area (Å²) in [6.07, 6.45) is 6.74. The number of benzene rings is 1. The van der Waals surface area contributed by atoms with Crippen LogP contribution >= 0.6 is 0 Å². The Balaban J connectivity index is 1.87. The lowest BCUT2D eigenvalue weighted by molar-refractivity contribution is -0.118. The van der Waals surface area contributed by atoms with E-state index in [2.05, 4.69) is 18.2 Å². The summed E-state index contributed by atoms with van der Waals surface area (Å²) in [5.74, 6) is 0.905. The van der Waals surface area contributed by atoms with Gasteiger partial charge < -0.3 is 5.73 Å². The summed E-state index contributed by atoms with van der Waals surface area (Å²) in [5, 5.41) is 0. The maximum atomic E-state index is 11.2. The van der Waals surface area contributed by atoms with Crippen molar-refractivity contribution in [2.24, 2.45) is 11.7 Å². The first-order valence-electron chi connectivity index (χ1n) is 6.64. The van der Waals surface area contributed by atoms with E-state index in [1.165, 1.54) is 48.8 Å². The van der Waals surface area contributed by atoms with E-state index in [0.29, 0.717) is 18.3 Å². The normalized spacial score (nSPS) is 20.0. The molecule has 0 radical (unpaired) electrons. The highest BCUT2D eigenvalue weighted by Crippen LogP contribution is 2.45. The molecule has 1 amide bonds. The summed E-state index contributed by atoms with van der Waals surface area (Å²) in [6.45, 7) is 0. The van der Waals surface area contributed by atoms with Crippen molar-refractivity contribution in [3.8, 4) is 0 Å². The second-order valence-corrected chi connectivity index (χ2v) is 5.50. The first kappa shape index (κ1) is 10.8. The van der Waals surface area contributed by atoms with Crippen LogP contribution in [0.15, 0.2) is 18.2 Å². The van der Waals surface area contributed by atoms with Gasteiger partial charge in [-0.2, -0.15) is 0 Å². The summed E-state index contributed by atoms with van der Waals surface area (Å²) in [6, 6.07) is 6.80. The lowest BCUT2D eigenvalue weighted by Gasteiger charge is -2.16. The Morgan fingerprint density at radius 2 is 2.06 bits per heavy atom. The lowest BCUT2D eigenvalue weighted by atomic mass is 9.89. The highest BCUT2D eigenvalue weighted by molar-refractivity contribution is 5.75. The summed E-state index contributed by atoms with van der Waals surface area (Å²) in [4.78, 5) is 11.2. The van der Waals surface area contributed by atoms with E-state index in [9.17, 15) is 4.79 Å². The minimum absolute atomic E-state index is 0.164. The van der Waals surface area contributed by atoms with Gasteiger partial charge in [-0.25, -0.2) is 0 Å². The van der Waals surface area contributed by atoms with Crippen molar-refractivity contribution in [3.05, 3.63) is 34.9 Å². The zero-order valence-corrected chi connectivity index (χ0v) is 10.1. The van der Waals surface area contributed by atoms with Crippen molar-refractivity contribution >= 4 is 5.91 Å². The van der Waals surface area contributed by atoms with E-state index in [4.69, 9.17) is 5.73 Å². The third kappa shape index (κ3) is 2.21. The standard InChI is InChI=1S/C15H19NO/c16-15(17)9-14(11-5-6-11)13-7-4-10-2-1-3-12(10)8-13/h4,7-8,11,14H,1-3,5-6,9H2,(H2,16,17). The first-order valence-corrected chi connectivity index (χ1v) is 6.64. The Morgan fingerprint density at radius 1 is 1.29 bits per heavy atom. The summed E-state index contributed by atoms with van der Waals surface area (Å²) in [5.41, 5.74) is 9.71. The molecule has 0 heterocycles. The molecule has 2 N–H and O–H groups in total. The van der Waals surface area contributed by atoms with Crippen LogP contribution in [0.1, 0.15) is 48.3 Å². The third-order valence-electron chi connectivity index (χ3n) is 4.16. The van der Waals surface area contributed by atoms with Crippen molar-refractivity contribution in [2.45, 2.75) is 44.4 Å². The van der Waals surface area contributed by atoms with Gasteiger partial charge >= 0.3 is 0 Å². The predicted octanol–water partition coefficient (Wildman–Crippen LogP) is 2.54. The van der Waals surface area contributed by atoms with Crippen molar-refractivity contribution in [2.75, 3.05) is 0 Å². The molecule has 1 aromatic rings. The number of hydrogen-bond acceptors (Lipinski definition) is 1. The SMILES string of the molecule is NC(=O)CC(c1ccc2c(c1)CCC2)C1CC1. The molecule has 1 atom stereocenters. The van der Waals surface area contributed by atoms with E-state index in [1.54, 1.807) is 0 Å². The van der Waals surface area contributed by atoms with Gasteiger partial charge in [0.05, 0.1) is 0 Å². The molecule has 0 bridgehead atoms. The number of amides is 1. The molecule has 1 fully saturated rings. The Morgan fingerprint density at radius 3 is 2.76 bits per heavy atom. The van der Waals surface area contributed by atoms with Gasteiger partial charge in [0.1, 0.15) is 0 Å². The van der Waals surface area contributed by atoms with Crippen molar-refractivity contribution < 1.29 is 4.79 Å². The van der Waals surface area contributed by atoms with Crippen molar-refractivity contribution in [3.63, 3.8) is 0 Å².